The Balaban J connectivity index is 1.23. The van der Waals surface area contributed by atoms with Crippen molar-refractivity contribution in [3.8, 4) is 5.75 Å². The van der Waals surface area contributed by atoms with Crippen LogP contribution in [-0.2, 0) is 24.2 Å². The topological polar surface area (TPSA) is 39.3 Å². The number of likely N-dealkylation sites (N-methyl/N-ethyl adjacent to an activating group) is 1. The number of piperazine rings is 1. The summed E-state index contributed by atoms with van der Waals surface area (Å²) in [7, 11) is 3.93. The third-order valence-electron chi connectivity index (χ3n) is 8.73. The molecule has 3 aliphatic heterocycles. The van der Waals surface area contributed by atoms with Gasteiger partial charge in [0.15, 0.2) is 0 Å². The van der Waals surface area contributed by atoms with E-state index >= 15 is 0 Å². The fraction of sp³-hybridized carbons (Fsp3) is 0.581. The molecule has 5 rings (SSSR count). The molecule has 0 aromatic heterocycles. The lowest BCUT2D eigenvalue weighted by molar-refractivity contribution is -0.131. The van der Waals surface area contributed by atoms with Crippen molar-refractivity contribution in [2.24, 2.45) is 5.92 Å². The van der Waals surface area contributed by atoms with E-state index in [2.05, 4.69) is 65.1 Å². The third kappa shape index (κ3) is 5.90. The number of piperidine rings is 1. The molecule has 6 heteroatoms. The Labute approximate surface area is 223 Å². The molecule has 0 unspecified atom stereocenters. The summed E-state index contributed by atoms with van der Waals surface area (Å²) in [5, 5.41) is 0. The van der Waals surface area contributed by atoms with Crippen molar-refractivity contribution in [2.45, 2.75) is 52.0 Å². The standard InChI is InChI=1S/C31H44N4O2/c1-4-5-24-12-15-33(16-13-24)26-8-6-25(7-9-26)22-31(36)35-17-14-27-28(23-35)29(10-11-30(27)37-3)34-20-18-32(2)19-21-34/h6-11,24H,4-5,12-23H2,1-3H3. The summed E-state index contributed by atoms with van der Waals surface area (Å²) >= 11 is 0. The summed E-state index contributed by atoms with van der Waals surface area (Å²) in [4.78, 5) is 22.8. The predicted octanol–water partition coefficient (Wildman–Crippen LogP) is 4.59. The Morgan fingerprint density at radius 1 is 0.892 bits per heavy atom. The smallest absolute Gasteiger partial charge is 0.227 e. The maximum absolute atomic E-state index is 13.4. The van der Waals surface area contributed by atoms with Crippen molar-refractivity contribution in [3.05, 3.63) is 53.1 Å². The van der Waals surface area contributed by atoms with E-state index < -0.39 is 0 Å². The molecule has 0 spiro atoms. The summed E-state index contributed by atoms with van der Waals surface area (Å²) in [6, 6.07) is 13.0. The summed E-state index contributed by atoms with van der Waals surface area (Å²) in [6.45, 7) is 10.2. The molecule has 2 aromatic carbocycles. The summed E-state index contributed by atoms with van der Waals surface area (Å²) in [5.74, 6) is 2.06. The van der Waals surface area contributed by atoms with Crippen LogP contribution in [0.4, 0.5) is 11.4 Å². The van der Waals surface area contributed by atoms with Crippen LogP contribution < -0.4 is 14.5 Å². The Morgan fingerprint density at radius 3 is 2.30 bits per heavy atom. The summed E-state index contributed by atoms with van der Waals surface area (Å²) < 4.78 is 5.71. The van der Waals surface area contributed by atoms with Gasteiger partial charge in [0.1, 0.15) is 5.75 Å². The van der Waals surface area contributed by atoms with Crippen molar-refractivity contribution < 1.29 is 9.53 Å². The maximum Gasteiger partial charge on any atom is 0.227 e. The van der Waals surface area contributed by atoms with Crippen molar-refractivity contribution in [1.82, 2.24) is 9.80 Å². The van der Waals surface area contributed by atoms with Gasteiger partial charge in [-0.1, -0.05) is 31.9 Å². The number of rotatable bonds is 7. The molecule has 0 bridgehead atoms. The lowest BCUT2D eigenvalue weighted by Gasteiger charge is -2.38. The number of fused-ring (bicyclic) bond motifs is 1. The van der Waals surface area contributed by atoms with Gasteiger partial charge < -0.3 is 24.3 Å². The first-order valence-corrected chi connectivity index (χ1v) is 14.3. The number of anilines is 2. The molecule has 0 radical (unpaired) electrons. The third-order valence-corrected chi connectivity index (χ3v) is 8.73. The Bertz CT molecular complexity index is 1050. The van der Waals surface area contributed by atoms with E-state index in [0.717, 1.165) is 69.5 Å². The molecule has 200 valence electrons. The van der Waals surface area contributed by atoms with Gasteiger partial charge in [0.2, 0.25) is 5.91 Å². The van der Waals surface area contributed by atoms with E-state index in [-0.39, 0.29) is 5.91 Å². The van der Waals surface area contributed by atoms with Crippen LogP contribution in [0.2, 0.25) is 0 Å². The van der Waals surface area contributed by atoms with Gasteiger partial charge in [0.05, 0.1) is 13.5 Å². The molecule has 2 saturated heterocycles. The highest BCUT2D eigenvalue weighted by Crippen LogP contribution is 2.36. The molecule has 37 heavy (non-hydrogen) atoms. The van der Waals surface area contributed by atoms with Crippen LogP contribution in [-0.4, -0.2) is 75.7 Å². The second-order valence-corrected chi connectivity index (χ2v) is 11.2. The minimum Gasteiger partial charge on any atom is -0.496 e. The van der Waals surface area contributed by atoms with Gasteiger partial charge in [-0.2, -0.15) is 0 Å². The van der Waals surface area contributed by atoms with Crippen LogP contribution in [0.1, 0.15) is 49.3 Å². The molecule has 6 nitrogen and oxygen atoms in total. The highest BCUT2D eigenvalue weighted by Gasteiger charge is 2.28. The average Bonchev–Trinajstić information content (AvgIpc) is 2.94. The molecule has 0 N–H and O–H groups in total. The van der Waals surface area contributed by atoms with Crippen molar-refractivity contribution >= 4 is 17.3 Å². The first kappa shape index (κ1) is 25.9. The Morgan fingerprint density at radius 2 is 1.62 bits per heavy atom. The van der Waals surface area contributed by atoms with Gasteiger partial charge in [-0.15, -0.1) is 0 Å². The molecule has 3 heterocycles. The molecule has 2 fully saturated rings. The highest BCUT2D eigenvalue weighted by molar-refractivity contribution is 5.80. The van der Waals surface area contributed by atoms with Gasteiger partial charge in [-0.25, -0.2) is 0 Å². The first-order valence-electron chi connectivity index (χ1n) is 14.3. The van der Waals surface area contributed by atoms with Gasteiger partial charge in [0, 0.05) is 74.9 Å². The fourth-order valence-electron chi connectivity index (χ4n) is 6.37. The zero-order valence-corrected chi connectivity index (χ0v) is 23.0. The molecule has 0 aliphatic carbocycles. The molecule has 1 amide bonds. The predicted molar refractivity (Wildman–Crippen MR) is 152 cm³/mol. The lowest BCUT2D eigenvalue weighted by Crippen LogP contribution is -2.45. The van der Waals surface area contributed by atoms with Crippen molar-refractivity contribution in [2.75, 3.05) is 69.8 Å². The monoisotopic (exact) mass is 504 g/mol. The van der Waals surface area contributed by atoms with Crippen LogP contribution in [0, 0.1) is 5.92 Å². The van der Waals surface area contributed by atoms with Crippen LogP contribution in [0.5, 0.6) is 5.75 Å². The average molecular weight is 505 g/mol. The minimum atomic E-state index is 0.214. The molecule has 2 aromatic rings. The molecule has 3 aliphatic rings. The Kier molecular flexibility index (Phi) is 8.23. The zero-order chi connectivity index (χ0) is 25.8. The van der Waals surface area contributed by atoms with Gasteiger partial charge in [-0.3, -0.25) is 4.79 Å². The number of carbonyl (C=O) groups is 1. The molecular formula is C31H44N4O2. The van der Waals surface area contributed by atoms with Crippen LogP contribution in [0.3, 0.4) is 0 Å². The van der Waals surface area contributed by atoms with Crippen LogP contribution >= 0.6 is 0 Å². The zero-order valence-electron chi connectivity index (χ0n) is 23.0. The van der Waals surface area contributed by atoms with E-state index in [1.54, 1.807) is 7.11 Å². The lowest BCUT2D eigenvalue weighted by atomic mass is 9.92. The number of nitrogens with zero attached hydrogens (tertiary/aromatic N) is 4. The number of methoxy groups -OCH3 is 1. The normalized spacial score (nSPS) is 19.2. The number of amides is 1. The number of benzene rings is 2. The van der Waals surface area contributed by atoms with E-state index in [4.69, 9.17) is 4.74 Å². The quantitative estimate of drug-likeness (QED) is 0.552. The second-order valence-electron chi connectivity index (χ2n) is 11.2. The second kappa shape index (κ2) is 11.8. The molecular weight excluding hydrogens is 460 g/mol. The van der Waals surface area contributed by atoms with Crippen molar-refractivity contribution in [1.29, 1.82) is 0 Å². The molecule has 0 atom stereocenters. The number of carbonyl (C=O) groups excluding carboxylic acids is 1. The van der Waals surface area contributed by atoms with Crippen LogP contribution in [0.25, 0.3) is 0 Å². The number of ether oxygens (including phenoxy) is 1. The first-order chi connectivity index (χ1) is 18.1. The highest BCUT2D eigenvalue weighted by atomic mass is 16.5. The fourth-order valence-corrected chi connectivity index (χ4v) is 6.37. The van der Waals surface area contributed by atoms with Gasteiger partial charge in [0.25, 0.3) is 0 Å². The number of hydrogen-bond acceptors (Lipinski definition) is 5. The van der Waals surface area contributed by atoms with Gasteiger partial charge >= 0.3 is 0 Å². The Hall–Kier alpha value is -2.73. The van der Waals surface area contributed by atoms with E-state index in [1.807, 2.05) is 4.90 Å². The minimum absolute atomic E-state index is 0.214. The SMILES string of the molecule is CCCC1CCN(c2ccc(CC(=O)N3CCc4c(OC)ccc(N5CCN(C)CC5)c4C3)cc2)CC1. The summed E-state index contributed by atoms with van der Waals surface area (Å²) in [5.41, 5.74) is 6.21. The molecule has 0 saturated carbocycles. The van der Waals surface area contributed by atoms with E-state index in [9.17, 15) is 4.79 Å². The van der Waals surface area contributed by atoms with E-state index in [0.29, 0.717) is 13.0 Å². The summed E-state index contributed by atoms with van der Waals surface area (Å²) in [6.07, 6.45) is 6.55. The van der Waals surface area contributed by atoms with Gasteiger partial charge in [-0.05, 0) is 62.1 Å². The van der Waals surface area contributed by atoms with Crippen molar-refractivity contribution in [3.63, 3.8) is 0 Å². The van der Waals surface area contributed by atoms with Crippen LogP contribution in [0.15, 0.2) is 36.4 Å². The van der Waals surface area contributed by atoms with E-state index in [1.165, 1.54) is 48.2 Å². The number of hydrogen-bond donors (Lipinski definition) is 0. The maximum atomic E-state index is 13.4. The largest absolute Gasteiger partial charge is 0.496 e.